The summed E-state index contributed by atoms with van der Waals surface area (Å²) in [6, 6.07) is -0.196. The van der Waals surface area contributed by atoms with Gasteiger partial charge >= 0.3 is 0 Å². The number of nitrogens with two attached hydrogens (primary N) is 1. The third-order valence-electron chi connectivity index (χ3n) is 0.572. The van der Waals surface area contributed by atoms with E-state index in [-0.39, 0.29) is 6.02 Å². The molecule has 0 aliphatic heterocycles. The highest BCUT2D eigenvalue weighted by Crippen LogP contribution is 1.90. The Bertz CT molecular complexity index is 80.5. The molecular formula is C5H12N2O. The molecular weight excluding hydrogens is 104 g/mol. The maximum atomic E-state index is 6.64. The van der Waals surface area contributed by atoms with Gasteiger partial charge in [0.15, 0.2) is 0 Å². The summed E-state index contributed by atoms with van der Waals surface area (Å²) in [5.74, 6) is 0.443. The zero-order valence-corrected chi connectivity index (χ0v) is 5.27. The molecule has 0 aromatic rings. The minimum atomic E-state index is -0.196. The lowest BCUT2D eigenvalue weighted by atomic mass is 10.2. The molecule has 0 spiro atoms. The fraction of sp³-hybridized carbons (Fsp3) is 0.800. The predicted octanol–water partition coefficient (Wildman–Crippen LogP) is 0.552. The van der Waals surface area contributed by atoms with Gasteiger partial charge in [-0.15, -0.1) is 0 Å². The zero-order chi connectivity index (χ0) is 6.57. The lowest BCUT2D eigenvalue weighted by Crippen LogP contribution is -2.17. The molecule has 0 rings (SSSR count). The summed E-state index contributed by atoms with van der Waals surface area (Å²) in [4.78, 5) is 0. The van der Waals surface area contributed by atoms with Gasteiger partial charge in [-0.25, -0.2) is 0 Å². The minimum absolute atomic E-state index is 0.196. The molecule has 0 fully saturated rings. The van der Waals surface area contributed by atoms with Gasteiger partial charge in [-0.05, 0) is 5.92 Å². The van der Waals surface area contributed by atoms with E-state index in [4.69, 9.17) is 11.1 Å². The second kappa shape index (κ2) is 3.29. The monoisotopic (exact) mass is 116 g/mol. The SMILES string of the molecule is CC(C)COC(=N)N. The number of amidine groups is 1. The largest absolute Gasteiger partial charge is 0.465 e. The number of hydrogen-bond acceptors (Lipinski definition) is 2. The smallest absolute Gasteiger partial charge is 0.279 e. The van der Waals surface area contributed by atoms with Gasteiger partial charge in [0.25, 0.3) is 6.02 Å². The quantitative estimate of drug-likeness (QED) is 0.409. The summed E-state index contributed by atoms with van der Waals surface area (Å²) >= 11 is 0. The van der Waals surface area contributed by atoms with Crippen LogP contribution in [0, 0.1) is 11.3 Å². The number of hydrogen-bond donors (Lipinski definition) is 2. The molecule has 8 heavy (non-hydrogen) atoms. The summed E-state index contributed by atoms with van der Waals surface area (Å²) < 4.78 is 4.66. The zero-order valence-electron chi connectivity index (χ0n) is 5.27. The molecule has 0 aromatic heterocycles. The summed E-state index contributed by atoms with van der Waals surface area (Å²) in [5.41, 5.74) is 4.90. The number of nitrogens with one attached hydrogen (secondary N) is 1. The first-order valence-electron chi connectivity index (χ1n) is 2.59. The van der Waals surface area contributed by atoms with Crippen LogP contribution < -0.4 is 5.73 Å². The van der Waals surface area contributed by atoms with Gasteiger partial charge in [-0.3, -0.25) is 5.41 Å². The Morgan fingerprint density at radius 2 is 2.25 bits per heavy atom. The molecule has 0 saturated carbocycles. The second-order valence-electron chi connectivity index (χ2n) is 2.07. The van der Waals surface area contributed by atoms with Crippen LogP contribution in [-0.2, 0) is 4.74 Å². The van der Waals surface area contributed by atoms with Crippen molar-refractivity contribution in [1.82, 2.24) is 0 Å². The van der Waals surface area contributed by atoms with E-state index in [1.54, 1.807) is 0 Å². The lowest BCUT2D eigenvalue weighted by molar-refractivity contribution is 0.252. The molecule has 0 amide bonds. The van der Waals surface area contributed by atoms with E-state index in [1.807, 2.05) is 13.8 Å². The normalized spacial score (nSPS) is 9.38. The van der Waals surface area contributed by atoms with E-state index >= 15 is 0 Å². The first-order valence-corrected chi connectivity index (χ1v) is 2.59. The average Bonchev–Trinajstić information content (AvgIpc) is 1.61. The highest BCUT2D eigenvalue weighted by atomic mass is 16.5. The van der Waals surface area contributed by atoms with Gasteiger partial charge in [-0.1, -0.05) is 13.8 Å². The Balaban J connectivity index is 3.05. The molecule has 3 nitrogen and oxygen atoms in total. The molecule has 0 saturated heterocycles. The number of rotatable bonds is 2. The van der Waals surface area contributed by atoms with Gasteiger partial charge in [0.1, 0.15) is 0 Å². The molecule has 0 atom stereocenters. The summed E-state index contributed by atoms with van der Waals surface area (Å²) in [6.45, 7) is 4.54. The summed E-state index contributed by atoms with van der Waals surface area (Å²) in [5, 5.41) is 6.64. The first kappa shape index (κ1) is 7.27. The van der Waals surface area contributed by atoms with Crippen LogP contribution in [0.5, 0.6) is 0 Å². The predicted molar refractivity (Wildman–Crippen MR) is 32.7 cm³/mol. The molecule has 0 radical (unpaired) electrons. The fourth-order valence-corrected chi connectivity index (χ4v) is 0.256. The van der Waals surface area contributed by atoms with E-state index in [0.29, 0.717) is 12.5 Å². The van der Waals surface area contributed by atoms with E-state index in [9.17, 15) is 0 Å². The Hall–Kier alpha value is -0.730. The first-order chi connectivity index (χ1) is 3.63. The third kappa shape index (κ3) is 5.27. The van der Waals surface area contributed by atoms with Crippen molar-refractivity contribution in [1.29, 1.82) is 5.41 Å². The van der Waals surface area contributed by atoms with Crippen LogP contribution in [0.4, 0.5) is 0 Å². The van der Waals surface area contributed by atoms with E-state index in [1.165, 1.54) is 0 Å². The van der Waals surface area contributed by atoms with E-state index in [0.717, 1.165) is 0 Å². The van der Waals surface area contributed by atoms with Gasteiger partial charge in [0, 0.05) is 0 Å². The molecule has 3 heteroatoms. The van der Waals surface area contributed by atoms with Crippen molar-refractivity contribution in [3.05, 3.63) is 0 Å². The van der Waals surface area contributed by atoms with Crippen molar-refractivity contribution in [2.75, 3.05) is 6.61 Å². The van der Waals surface area contributed by atoms with Crippen LogP contribution in [0.1, 0.15) is 13.8 Å². The maximum absolute atomic E-state index is 6.64. The van der Waals surface area contributed by atoms with Crippen molar-refractivity contribution in [2.45, 2.75) is 13.8 Å². The Morgan fingerprint density at radius 3 is 2.38 bits per heavy atom. The molecule has 48 valence electrons. The third-order valence-corrected chi connectivity index (χ3v) is 0.572. The van der Waals surface area contributed by atoms with Crippen LogP contribution in [0.15, 0.2) is 0 Å². The van der Waals surface area contributed by atoms with E-state index < -0.39 is 0 Å². The van der Waals surface area contributed by atoms with Crippen molar-refractivity contribution in [3.63, 3.8) is 0 Å². The highest BCUT2D eigenvalue weighted by molar-refractivity contribution is 5.67. The van der Waals surface area contributed by atoms with Crippen LogP contribution in [0.2, 0.25) is 0 Å². The molecule has 0 aromatic carbocycles. The van der Waals surface area contributed by atoms with Crippen LogP contribution >= 0.6 is 0 Å². The standard InChI is InChI=1S/C5H12N2O/c1-4(2)3-8-5(6)7/h4H,3H2,1-2H3,(H3,6,7). The van der Waals surface area contributed by atoms with Gasteiger partial charge < -0.3 is 10.5 Å². The maximum Gasteiger partial charge on any atom is 0.279 e. The molecule has 0 unspecified atom stereocenters. The molecule has 0 aliphatic rings. The Kier molecular flexibility index (Phi) is 2.99. The van der Waals surface area contributed by atoms with Crippen molar-refractivity contribution in [2.24, 2.45) is 11.7 Å². The highest BCUT2D eigenvalue weighted by Gasteiger charge is 1.92. The fourth-order valence-electron chi connectivity index (χ4n) is 0.256. The van der Waals surface area contributed by atoms with Crippen molar-refractivity contribution >= 4 is 6.02 Å². The van der Waals surface area contributed by atoms with Gasteiger partial charge in [0.2, 0.25) is 0 Å². The van der Waals surface area contributed by atoms with Gasteiger partial charge in [-0.2, -0.15) is 0 Å². The van der Waals surface area contributed by atoms with Crippen LogP contribution in [0.3, 0.4) is 0 Å². The summed E-state index contributed by atoms with van der Waals surface area (Å²) in [6.07, 6.45) is 0. The van der Waals surface area contributed by atoms with Gasteiger partial charge in [0.05, 0.1) is 6.61 Å². The van der Waals surface area contributed by atoms with E-state index in [2.05, 4.69) is 4.74 Å². The van der Waals surface area contributed by atoms with Crippen molar-refractivity contribution < 1.29 is 4.74 Å². The topological polar surface area (TPSA) is 59.1 Å². The Labute approximate surface area is 49.3 Å². The summed E-state index contributed by atoms with van der Waals surface area (Å²) in [7, 11) is 0. The average molecular weight is 116 g/mol. The number of ether oxygens (including phenoxy) is 1. The molecule has 0 heterocycles. The minimum Gasteiger partial charge on any atom is -0.465 e. The second-order valence-corrected chi connectivity index (χ2v) is 2.07. The molecule has 3 N–H and O–H groups in total. The lowest BCUT2D eigenvalue weighted by Gasteiger charge is -2.04. The molecule has 0 bridgehead atoms. The van der Waals surface area contributed by atoms with Crippen molar-refractivity contribution in [3.8, 4) is 0 Å². The Morgan fingerprint density at radius 1 is 1.75 bits per heavy atom. The van der Waals surface area contributed by atoms with Crippen LogP contribution in [0.25, 0.3) is 0 Å². The van der Waals surface area contributed by atoms with Crippen LogP contribution in [-0.4, -0.2) is 12.6 Å². The molecule has 0 aliphatic carbocycles.